The zero-order valence-electron chi connectivity index (χ0n) is 13.8. The first kappa shape index (κ1) is 18.5. The summed E-state index contributed by atoms with van der Waals surface area (Å²) >= 11 is 0. The Morgan fingerprint density at radius 2 is 1.74 bits per heavy atom. The Morgan fingerprint density at radius 1 is 1.09 bits per heavy atom. The van der Waals surface area contributed by atoms with Crippen LogP contribution in [0.2, 0.25) is 0 Å². The van der Waals surface area contributed by atoms with Crippen LogP contribution in [-0.4, -0.2) is 30.5 Å². The van der Waals surface area contributed by atoms with Gasteiger partial charge in [0.25, 0.3) is 0 Å². The smallest absolute Gasteiger partial charge is 0.188 e. The Bertz CT molecular complexity index is 490. The van der Waals surface area contributed by atoms with Gasteiger partial charge in [-0.3, -0.25) is 4.90 Å². The molecule has 1 saturated heterocycles. The van der Waals surface area contributed by atoms with E-state index in [-0.39, 0.29) is 24.0 Å². The van der Waals surface area contributed by atoms with Crippen molar-refractivity contribution in [3.63, 3.8) is 0 Å². The molecule has 1 aliphatic carbocycles. The number of hydrogen-bond acceptors (Lipinski definition) is 2. The average molecular weight is 428 g/mol. The van der Waals surface area contributed by atoms with Crippen LogP contribution in [-0.2, 0) is 13.1 Å². The molecule has 1 aromatic rings. The number of hydrogen-bond donors (Lipinski definition) is 2. The van der Waals surface area contributed by atoms with E-state index in [4.69, 9.17) is 5.73 Å². The predicted molar refractivity (Wildman–Crippen MR) is 107 cm³/mol. The summed E-state index contributed by atoms with van der Waals surface area (Å²) in [6.45, 7) is 5.21. The first-order valence-electron chi connectivity index (χ1n) is 8.63. The molecule has 128 valence electrons. The van der Waals surface area contributed by atoms with Crippen LogP contribution >= 0.6 is 24.0 Å². The summed E-state index contributed by atoms with van der Waals surface area (Å²) in [5.74, 6) is 1.38. The zero-order valence-corrected chi connectivity index (χ0v) is 16.2. The minimum absolute atomic E-state index is 0. The lowest BCUT2D eigenvalue weighted by Gasteiger charge is -2.25. The van der Waals surface area contributed by atoms with Gasteiger partial charge in [0.05, 0.1) is 6.54 Å². The van der Waals surface area contributed by atoms with Crippen LogP contribution in [0.25, 0.3) is 0 Å². The van der Waals surface area contributed by atoms with Gasteiger partial charge in [0, 0.05) is 13.1 Å². The van der Waals surface area contributed by atoms with Crippen molar-refractivity contribution in [3.8, 4) is 0 Å². The Kier molecular flexibility index (Phi) is 7.62. The fourth-order valence-corrected chi connectivity index (χ4v) is 3.13. The first-order valence-corrected chi connectivity index (χ1v) is 8.63. The van der Waals surface area contributed by atoms with E-state index in [0.717, 1.165) is 19.0 Å². The van der Waals surface area contributed by atoms with Crippen LogP contribution in [0, 0.1) is 5.92 Å². The second-order valence-electron chi connectivity index (χ2n) is 6.68. The van der Waals surface area contributed by atoms with Gasteiger partial charge in [-0.15, -0.1) is 24.0 Å². The highest BCUT2D eigenvalue weighted by molar-refractivity contribution is 14.0. The van der Waals surface area contributed by atoms with Gasteiger partial charge in [-0.05, 0) is 55.8 Å². The maximum absolute atomic E-state index is 5.92. The fourth-order valence-electron chi connectivity index (χ4n) is 3.13. The molecular formula is C18H29IN4. The van der Waals surface area contributed by atoms with Crippen molar-refractivity contribution in [1.82, 2.24) is 10.2 Å². The number of likely N-dealkylation sites (tertiary alicyclic amines) is 1. The lowest BCUT2D eigenvalue weighted by atomic mass is 9.85. The Balaban J connectivity index is 0.00000192. The molecule has 3 rings (SSSR count). The van der Waals surface area contributed by atoms with E-state index in [2.05, 4.69) is 39.5 Å². The van der Waals surface area contributed by atoms with Crippen LogP contribution < -0.4 is 11.1 Å². The van der Waals surface area contributed by atoms with Crippen LogP contribution in [0.15, 0.2) is 29.3 Å². The van der Waals surface area contributed by atoms with E-state index >= 15 is 0 Å². The van der Waals surface area contributed by atoms with Crippen LogP contribution in [0.4, 0.5) is 0 Å². The normalized spacial score (nSPS) is 19.2. The molecule has 0 amide bonds. The Labute approximate surface area is 156 Å². The minimum atomic E-state index is 0. The van der Waals surface area contributed by atoms with E-state index < -0.39 is 0 Å². The molecule has 0 aromatic heterocycles. The lowest BCUT2D eigenvalue weighted by molar-refractivity contribution is 0.315. The molecule has 2 fully saturated rings. The molecule has 4 nitrogen and oxygen atoms in total. The first-order chi connectivity index (χ1) is 10.8. The molecule has 23 heavy (non-hydrogen) atoms. The van der Waals surface area contributed by atoms with Gasteiger partial charge in [-0.1, -0.05) is 30.7 Å². The summed E-state index contributed by atoms with van der Waals surface area (Å²) in [5, 5.41) is 3.24. The number of halogens is 1. The molecule has 0 bridgehead atoms. The van der Waals surface area contributed by atoms with Crippen molar-refractivity contribution < 1.29 is 0 Å². The third-order valence-corrected chi connectivity index (χ3v) is 4.86. The van der Waals surface area contributed by atoms with Crippen LogP contribution in [0.1, 0.15) is 43.2 Å². The van der Waals surface area contributed by atoms with Crippen LogP contribution in [0.5, 0.6) is 0 Å². The van der Waals surface area contributed by atoms with Crippen molar-refractivity contribution in [2.75, 3.05) is 19.6 Å². The van der Waals surface area contributed by atoms with Gasteiger partial charge in [-0.25, -0.2) is 4.99 Å². The molecule has 3 N–H and O–H groups in total. The molecule has 2 aliphatic rings. The summed E-state index contributed by atoms with van der Waals surface area (Å²) in [7, 11) is 0. The SMILES string of the molecule is I.NC(=NCc1ccc(CN2CCCC2)cc1)NCC1CCC1. The topological polar surface area (TPSA) is 53.6 Å². The number of aliphatic imine (C=N–C) groups is 1. The second-order valence-corrected chi connectivity index (χ2v) is 6.68. The maximum atomic E-state index is 5.92. The maximum Gasteiger partial charge on any atom is 0.188 e. The van der Waals surface area contributed by atoms with Crippen molar-refractivity contribution in [3.05, 3.63) is 35.4 Å². The number of benzene rings is 1. The Hall–Kier alpha value is -0.820. The van der Waals surface area contributed by atoms with E-state index in [0.29, 0.717) is 12.5 Å². The lowest BCUT2D eigenvalue weighted by Crippen LogP contribution is -2.37. The monoisotopic (exact) mass is 428 g/mol. The number of rotatable bonds is 6. The van der Waals surface area contributed by atoms with Crippen molar-refractivity contribution in [1.29, 1.82) is 0 Å². The summed E-state index contributed by atoms with van der Waals surface area (Å²) in [4.78, 5) is 6.95. The molecule has 1 heterocycles. The Morgan fingerprint density at radius 3 is 2.35 bits per heavy atom. The molecule has 5 heteroatoms. The molecule has 1 aromatic carbocycles. The second kappa shape index (κ2) is 9.47. The molecule has 1 saturated carbocycles. The van der Waals surface area contributed by atoms with Crippen molar-refractivity contribution in [2.45, 2.75) is 45.2 Å². The summed E-state index contributed by atoms with van der Waals surface area (Å²) in [6, 6.07) is 8.80. The molecule has 0 atom stereocenters. The third-order valence-electron chi connectivity index (χ3n) is 4.86. The average Bonchev–Trinajstić information content (AvgIpc) is 2.98. The van der Waals surface area contributed by atoms with Gasteiger partial charge in [0.1, 0.15) is 0 Å². The van der Waals surface area contributed by atoms with E-state index in [1.165, 1.54) is 56.3 Å². The minimum Gasteiger partial charge on any atom is -0.370 e. The number of nitrogens with two attached hydrogens (primary N) is 1. The van der Waals surface area contributed by atoms with E-state index in [1.807, 2.05) is 0 Å². The highest BCUT2D eigenvalue weighted by Crippen LogP contribution is 2.25. The third kappa shape index (κ3) is 5.95. The zero-order chi connectivity index (χ0) is 15.2. The van der Waals surface area contributed by atoms with Crippen molar-refractivity contribution >= 4 is 29.9 Å². The summed E-state index contributed by atoms with van der Waals surface area (Å²) in [5.41, 5.74) is 8.53. The quantitative estimate of drug-likeness (QED) is 0.416. The number of nitrogens with one attached hydrogen (secondary N) is 1. The van der Waals surface area contributed by atoms with Gasteiger partial charge in [0.2, 0.25) is 0 Å². The standard InChI is InChI=1S/C18H28N4.HI/c19-18(20-12-15-4-3-5-15)21-13-16-6-8-17(9-7-16)14-22-10-1-2-11-22;/h6-9,15H,1-5,10-14H2,(H3,19,20,21);1H. The fraction of sp³-hybridized carbons (Fsp3) is 0.611. The molecule has 1 aliphatic heterocycles. The molecule has 0 unspecified atom stereocenters. The predicted octanol–water partition coefficient (Wildman–Crippen LogP) is 3.10. The highest BCUT2D eigenvalue weighted by atomic mass is 127. The van der Waals surface area contributed by atoms with E-state index in [1.54, 1.807) is 0 Å². The number of nitrogens with zero attached hydrogens (tertiary/aromatic N) is 2. The van der Waals surface area contributed by atoms with Gasteiger partial charge >= 0.3 is 0 Å². The van der Waals surface area contributed by atoms with Gasteiger partial charge in [-0.2, -0.15) is 0 Å². The van der Waals surface area contributed by atoms with Crippen molar-refractivity contribution in [2.24, 2.45) is 16.6 Å². The molecule has 0 spiro atoms. The van der Waals surface area contributed by atoms with Gasteiger partial charge in [0.15, 0.2) is 5.96 Å². The summed E-state index contributed by atoms with van der Waals surface area (Å²) < 4.78 is 0. The van der Waals surface area contributed by atoms with E-state index in [9.17, 15) is 0 Å². The molecular weight excluding hydrogens is 399 g/mol. The number of guanidine groups is 1. The summed E-state index contributed by atoms with van der Waals surface area (Å²) in [6.07, 6.45) is 6.73. The molecule has 0 radical (unpaired) electrons. The van der Waals surface area contributed by atoms with Gasteiger partial charge < -0.3 is 11.1 Å². The highest BCUT2D eigenvalue weighted by Gasteiger charge is 2.16. The largest absolute Gasteiger partial charge is 0.370 e. The van der Waals surface area contributed by atoms with Crippen LogP contribution in [0.3, 0.4) is 0 Å².